The molecule has 1 saturated carbocycles. The quantitative estimate of drug-likeness (QED) is 0.765. The van der Waals surface area contributed by atoms with Gasteiger partial charge in [-0.25, -0.2) is 4.98 Å². The van der Waals surface area contributed by atoms with Gasteiger partial charge in [-0.05, 0) is 43.2 Å². The third-order valence-electron chi connectivity index (χ3n) is 5.21. The third-order valence-corrected chi connectivity index (χ3v) is 5.21. The van der Waals surface area contributed by atoms with E-state index in [0.717, 1.165) is 37.7 Å². The molecule has 2 aromatic rings. The summed E-state index contributed by atoms with van der Waals surface area (Å²) in [6.07, 6.45) is 6.37. The number of carbonyl (C=O) groups is 2. The molecular formula is C23H23N3O4. The smallest absolute Gasteiger partial charge is 0.252 e. The molecule has 0 saturated heterocycles. The second-order valence-electron chi connectivity index (χ2n) is 7.53. The summed E-state index contributed by atoms with van der Waals surface area (Å²) in [5.41, 5.74) is 0.667. The van der Waals surface area contributed by atoms with Crippen LogP contribution in [0.5, 0.6) is 11.5 Å². The highest BCUT2D eigenvalue weighted by molar-refractivity contribution is 5.95. The molecule has 1 aliphatic carbocycles. The molecule has 0 unspecified atom stereocenters. The standard InChI is InChI=1S/C23H23N3O4/c1-16(27)25-21-8-5-17(14-24-21)9-12-23(10-3-2-4-11-23)26-22(28)18-6-7-19-20(13-18)30-15-29-19/h5-8,13-14H,2-4,10-11,15H2,1H3,(H,26,28)(H,24,25,27). The van der Waals surface area contributed by atoms with Crippen LogP contribution in [0.2, 0.25) is 0 Å². The minimum absolute atomic E-state index is 0.171. The number of ether oxygens (including phenoxy) is 2. The fourth-order valence-corrected chi connectivity index (χ4v) is 3.68. The third kappa shape index (κ3) is 4.54. The van der Waals surface area contributed by atoms with Gasteiger partial charge in [-0.3, -0.25) is 9.59 Å². The van der Waals surface area contributed by atoms with E-state index in [2.05, 4.69) is 27.5 Å². The van der Waals surface area contributed by atoms with E-state index in [9.17, 15) is 9.59 Å². The number of anilines is 1. The van der Waals surface area contributed by atoms with Gasteiger partial charge in [0.15, 0.2) is 11.5 Å². The van der Waals surface area contributed by atoms with Gasteiger partial charge in [0, 0.05) is 24.2 Å². The number of rotatable bonds is 3. The van der Waals surface area contributed by atoms with Gasteiger partial charge in [-0.2, -0.15) is 0 Å². The lowest BCUT2D eigenvalue weighted by Crippen LogP contribution is -2.48. The van der Waals surface area contributed by atoms with E-state index in [0.29, 0.717) is 22.9 Å². The molecule has 7 nitrogen and oxygen atoms in total. The van der Waals surface area contributed by atoms with Crippen LogP contribution in [-0.2, 0) is 4.79 Å². The van der Waals surface area contributed by atoms with Crippen molar-refractivity contribution < 1.29 is 19.1 Å². The van der Waals surface area contributed by atoms with Crippen molar-refractivity contribution in [3.8, 4) is 23.3 Å². The first kappa shape index (κ1) is 19.8. The van der Waals surface area contributed by atoms with E-state index in [4.69, 9.17) is 9.47 Å². The summed E-state index contributed by atoms with van der Waals surface area (Å²) >= 11 is 0. The van der Waals surface area contributed by atoms with Gasteiger partial charge in [-0.1, -0.05) is 31.1 Å². The molecule has 2 heterocycles. The molecule has 0 radical (unpaired) electrons. The fourth-order valence-electron chi connectivity index (χ4n) is 3.68. The van der Waals surface area contributed by atoms with Gasteiger partial charge in [0.2, 0.25) is 12.7 Å². The van der Waals surface area contributed by atoms with E-state index in [1.165, 1.54) is 6.92 Å². The molecule has 0 spiro atoms. The first-order chi connectivity index (χ1) is 14.5. The molecule has 0 atom stereocenters. The zero-order valence-electron chi connectivity index (χ0n) is 16.8. The van der Waals surface area contributed by atoms with Gasteiger partial charge < -0.3 is 20.1 Å². The van der Waals surface area contributed by atoms with Gasteiger partial charge in [0.05, 0.1) is 0 Å². The van der Waals surface area contributed by atoms with Crippen molar-refractivity contribution in [2.45, 2.75) is 44.6 Å². The molecule has 4 rings (SSSR count). The molecule has 7 heteroatoms. The lowest BCUT2D eigenvalue weighted by molar-refractivity contribution is -0.114. The van der Waals surface area contributed by atoms with Crippen molar-refractivity contribution in [2.75, 3.05) is 12.1 Å². The Morgan fingerprint density at radius 2 is 1.87 bits per heavy atom. The zero-order chi connectivity index (χ0) is 21.0. The lowest BCUT2D eigenvalue weighted by atomic mass is 9.81. The highest BCUT2D eigenvalue weighted by Crippen LogP contribution is 2.33. The first-order valence-electron chi connectivity index (χ1n) is 10.0. The number of carbonyl (C=O) groups excluding carboxylic acids is 2. The molecule has 1 aromatic heterocycles. The Morgan fingerprint density at radius 3 is 2.60 bits per heavy atom. The van der Waals surface area contributed by atoms with Gasteiger partial charge >= 0.3 is 0 Å². The molecule has 1 aliphatic heterocycles. The number of hydrogen-bond acceptors (Lipinski definition) is 5. The number of amides is 2. The Kier molecular flexibility index (Phi) is 5.57. The van der Waals surface area contributed by atoms with Crippen molar-refractivity contribution >= 4 is 17.6 Å². The predicted octanol–water partition coefficient (Wildman–Crippen LogP) is 3.25. The summed E-state index contributed by atoms with van der Waals surface area (Å²) in [5, 5.41) is 5.79. The number of nitrogens with one attached hydrogen (secondary N) is 2. The SMILES string of the molecule is CC(=O)Nc1ccc(C#CC2(NC(=O)c3ccc4c(c3)OCO4)CCCCC2)cn1. The summed E-state index contributed by atoms with van der Waals surface area (Å²) < 4.78 is 10.7. The van der Waals surface area contributed by atoms with Crippen LogP contribution in [0.25, 0.3) is 0 Å². The van der Waals surface area contributed by atoms with E-state index in [1.54, 1.807) is 30.5 Å². The number of benzene rings is 1. The highest BCUT2D eigenvalue weighted by Gasteiger charge is 2.32. The molecule has 0 bridgehead atoms. The van der Waals surface area contributed by atoms with E-state index in [1.807, 2.05) is 6.07 Å². The highest BCUT2D eigenvalue weighted by atomic mass is 16.7. The average molecular weight is 405 g/mol. The lowest BCUT2D eigenvalue weighted by Gasteiger charge is -2.33. The van der Waals surface area contributed by atoms with Gasteiger partial charge in [-0.15, -0.1) is 0 Å². The van der Waals surface area contributed by atoms with Gasteiger partial charge in [0.1, 0.15) is 11.4 Å². The molecule has 154 valence electrons. The normalized spacial score (nSPS) is 16.2. The van der Waals surface area contributed by atoms with Crippen molar-refractivity contribution in [2.24, 2.45) is 0 Å². The first-order valence-corrected chi connectivity index (χ1v) is 10.0. The molecule has 30 heavy (non-hydrogen) atoms. The Morgan fingerprint density at radius 1 is 1.07 bits per heavy atom. The van der Waals surface area contributed by atoms with Crippen LogP contribution in [0, 0.1) is 11.8 Å². The average Bonchev–Trinajstić information content (AvgIpc) is 3.21. The van der Waals surface area contributed by atoms with E-state index in [-0.39, 0.29) is 18.6 Å². The van der Waals surface area contributed by atoms with Crippen LogP contribution in [0.1, 0.15) is 54.9 Å². The molecule has 2 aliphatic rings. The summed E-state index contributed by atoms with van der Waals surface area (Å²) in [4.78, 5) is 28.3. The maximum absolute atomic E-state index is 12.9. The summed E-state index contributed by atoms with van der Waals surface area (Å²) in [6, 6.07) is 8.70. The van der Waals surface area contributed by atoms with E-state index < -0.39 is 5.54 Å². The second-order valence-corrected chi connectivity index (χ2v) is 7.53. The van der Waals surface area contributed by atoms with Crippen molar-refractivity contribution in [3.63, 3.8) is 0 Å². The van der Waals surface area contributed by atoms with Crippen LogP contribution in [-0.4, -0.2) is 29.1 Å². The van der Waals surface area contributed by atoms with Crippen LogP contribution in [0.15, 0.2) is 36.5 Å². The van der Waals surface area contributed by atoms with Crippen molar-refractivity contribution in [1.82, 2.24) is 10.3 Å². The summed E-state index contributed by atoms with van der Waals surface area (Å²) in [5.74, 6) is 7.81. The summed E-state index contributed by atoms with van der Waals surface area (Å²) in [6.45, 7) is 1.61. The molecular weight excluding hydrogens is 382 g/mol. The number of pyridine rings is 1. The minimum atomic E-state index is -0.581. The topological polar surface area (TPSA) is 89.6 Å². The monoisotopic (exact) mass is 405 g/mol. The summed E-state index contributed by atoms with van der Waals surface area (Å²) in [7, 11) is 0. The van der Waals surface area contributed by atoms with Crippen LogP contribution in [0.3, 0.4) is 0 Å². The molecule has 2 N–H and O–H groups in total. The Hall–Kier alpha value is -3.53. The van der Waals surface area contributed by atoms with E-state index >= 15 is 0 Å². The minimum Gasteiger partial charge on any atom is -0.454 e. The predicted molar refractivity (Wildman–Crippen MR) is 111 cm³/mol. The Bertz CT molecular complexity index is 1010. The van der Waals surface area contributed by atoms with Crippen LogP contribution < -0.4 is 20.1 Å². The molecule has 1 fully saturated rings. The maximum Gasteiger partial charge on any atom is 0.252 e. The number of hydrogen-bond donors (Lipinski definition) is 2. The molecule has 1 aromatic carbocycles. The second kappa shape index (κ2) is 8.46. The zero-order valence-corrected chi connectivity index (χ0v) is 16.8. The van der Waals surface area contributed by atoms with Crippen molar-refractivity contribution in [3.05, 3.63) is 47.7 Å². The van der Waals surface area contributed by atoms with Gasteiger partial charge in [0.25, 0.3) is 5.91 Å². The number of fused-ring (bicyclic) bond motifs is 1. The van der Waals surface area contributed by atoms with Crippen molar-refractivity contribution in [1.29, 1.82) is 0 Å². The van der Waals surface area contributed by atoms with Crippen LogP contribution in [0.4, 0.5) is 5.82 Å². The van der Waals surface area contributed by atoms with Crippen LogP contribution >= 0.6 is 0 Å². The largest absolute Gasteiger partial charge is 0.454 e. The number of nitrogens with zero attached hydrogens (tertiary/aromatic N) is 1. The maximum atomic E-state index is 12.9. The Balaban J connectivity index is 1.52. The molecule has 2 amide bonds. The number of aromatic nitrogens is 1. The fraction of sp³-hybridized carbons (Fsp3) is 0.348. The Labute approximate surface area is 175 Å².